The van der Waals surface area contributed by atoms with E-state index in [4.69, 9.17) is 0 Å². The van der Waals surface area contributed by atoms with Gasteiger partial charge >= 0.3 is 0 Å². The molecule has 3 nitrogen and oxygen atoms in total. The van der Waals surface area contributed by atoms with E-state index in [0.29, 0.717) is 5.41 Å². The molecule has 3 fully saturated rings. The fourth-order valence-corrected chi connectivity index (χ4v) is 4.32. The molecule has 2 aliphatic heterocycles. The molecule has 0 radical (unpaired) electrons. The molecule has 2 heterocycles. The number of hydrogen-bond acceptors (Lipinski definition) is 3. The average molecular weight is 368 g/mol. The van der Waals surface area contributed by atoms with Crippen molar-refractivity contribution in [2.24, 2.45) is 10.8 Å². The first-order valence-corrected chi connectivity index (χ1v) is 11.6. The van der Waals surface area contributed by atoms with E-state index in [1.54, 1.807) is 0 Å². The maximum absolute atomic E-state index is 2.75. The van der Waals surface area contributed by atoms with Crippen LogP contribution in [0.3, 0.4) is 0 Å². The molecule has 26 heavy (non-hydrogen) atoms. The Kier molecular flexibility index (Phi) is 10.7. The lowest BCUT2D eigenvalue weighted by Crippen LogP contribution is -2.42. The Morgan fingerprint density at radius 2 is 0.962 bits per heavy atom. The molecule has 156 valence electrons. The zero-order valence-electron chi connectivity index (χ0n) is 19.2. The first-order valence-electron chi connectivity index (χ1n) is 11.6. The number of nitrogens with zero attached hydrogens (tertiary/aromatic N) is 3. The molecule has 1 saturated carbocycles. The lowest BCUT2D eigenvalue weighted by molar-refractivity contribution is 0.0802. The summed E-state index contributed by atoms with van der Waals surface area (Å²) in [5.41, 5.74) is 1.44. The highest BCUT2D eigenvalue weighted by Crippen LogP contribution is 2.50. The number of likely N-dealkylation sites (tertiary alicyclic amines) is 1. The van der Waals surface area contributed by atoms with Crippen LogP contribution in [0, 0.1) is 10.8 Å². The van der Waals surface area contributed by atoms with E-state index in [1.165, 1.54) is 90.8 Å². The van der Waals surface area contributed by atoms with Crippen molar-refractivity contribution in [1.82, 2.24) is 14.7 Å². The summed E-state index contributed by atoms with van der Waals surface area (Å²) < 4.78 is 0. The third-order valence-corrected chi connectivity index (χ3v) is 7.41. The highest BCUT2D eigenvalue weighted by atomic mass is 15.2. The number of piperazine rings is 1. The topological polar surface area (TPSA) is 9.72 Å². The van der Waals surface area contributed by atoms with Crippen LogP contribution in [0.25, 0.3) is 0 Å². The molecule has 0 unspecified atom stereocenters. The predicted molar refractivity (Wildman–Crippen MR) is 117 cm³/mol. The van der Waals surface area contributed by atoms with Gasteiger partial charge in [-0.15, -0.1) is 0 Å². The smallest absolute Gasteiger partial charge is 0.0107 e. The van der Waals surface area contributed by atoms with Gasteiger partial charge in [-0.05, 0) is 70.1 Å². The lowest BCUT2D eigenvalue weighted by Gasteiger charge is -2.42. The minimum absolute atomic E-state index is 0.694. The second kappa shape index (κ2) is 11.7. The lowest BCUT2D eigenvalue weighted by atomic mass is 9.74. The normalized spacial score (nSPS) is 25.5. The van der Waals surface area contributed by atoms with E-state index in [-0.39, 0.29) is 0 Å². The SMILES string of the molecule is CC.CCC1(CC)CCN(CC2(CC)CC2)CC1.CN1CCN(C)CC1. The van der Waals surface area contributed by atoms with Crippen molar-refractivity contribution >= 4 is 0 Å². The monoisotopic (exact) mass is 367 g/mol. The maximum atomic E-state index is 2.75. The number of piperidine rings is 1. The largest absolute Gasteiger partial charge is 0.304 e. The summed E-state index contributed by atoms with van der Waals surface area (Å²) in [6.07, 6.45) is 10.0. The Labute approximate surface area is 165 Å². The number of hydrogen-bond donors (Lipinski definition) is 0. The Morgan fingerprint density at radius 3 is 1.27 bits per heavy atom. The zero-order valence-corrected chi connectivity index (χ0v) is 19.2. The van der Waals surface area contributed by atoms with Crippen molar-refractivity contribution in [3.05, 3.63) is 0 Å². The second-order valence-corrected chi connectivity index (χ2v) is 8.94. The standard InChI is InChI=1S/C15H29N.C6H14N2.C2H6/c1-4-14(5-2)9-11-16(12-10-14)13-15(6-3)7-8-15;1-7-3-5-8(2)6-4-7;1-2/h4-13H2,1-3H3;3-6H2,1-2H3;1-2H3. The highest BCUT2D eigenvalue weighted by molar-refractivity contribution is 4.96. The minimum Gasteiger partial charge on any atom is -0.304 e. The molecule has 0 atom stereocenters. The summed E-state index contributed by atoms with van der Waals surface area (Å²) in [5.74, 6) is 0. The first kappa shape index (κ1) is 23.9. The molecule has 2 saturated heterocycles. The van der Waals surface area contributed by atoms with Gasteiger partial charge in [-0.2, -0.15) is 0 Å². The van der Waals surface area contributed by atoms with Gasteiger partial charge in [-0.3, -0.25) is 0 Å². The molecular weight excluding hydrogens is 318 g/mol. The molecule has 0 aromatic carbocycles. The van der Waals surface area contributed by atoms with Gasteiger partial charge in [0.15, 0.2) is 0 Å². The van der Waals surface area contributed by atoms with Crippen LogP contribution >= 0.6 is 0 Å². The maximum Gasteiger partial charge on any atom is 0.0107 e. The van der Waals surface area contributed by atoms with Crippen LogP contribution in [0.1, 0.15) is 79.6 Å². The van der Waals surface area contributed by atoms with Crippen molar-refractivity contribution in [1.29, 1.82) is 0 Å². The van der Waals surface area contributed by atoms with Crippen LogP contribution in [0.4, 0.5) is 0 Å². The third-order valence-electron chi connectivity index (χ3n) is 7.41. The molecule has 0 bridgehead atoms. The van der Waals surface area contributed by atoms with Gasteiger partial charge in [-0.25, -0.2) is 0 Å². The quantitative estimate of drug-likeness (QED) is 0.679. The molecule has 3 heteroatoms. The predicted octanol–water partition coefficient (Wildman–Crippen LogP) is 4.97. The van der Waals surface area contributed by atoms with Crippen LogP contribution < -0.4 is 0 Å². The molecule has 3 aliphatic rings. The van der Waals surface area contributed by atoms with E-state index in [0.717, 1.165) is 5.41 Å². The Morgan fingerprint density at radius 1 is 0.577 bits per heavy atom. The second-order valence-electron chi connectivity index (χ2n) is 8.94. The molecule has 3 rings (SSSR count). The molecule has 0 aromatic heterocycles. The van der Waals surface area contributed by atoms with Gasteiger partial charge in [0.1, 0.15) is 0 Å². The Balaban J connectivity index is 0.000000284. The van der Waals surface area contributed by atoms with Gasteiger partial charge in [0.25, 0.3) is 0 Å². The molecule has 0 amide bonds. The van der Waals surface area contributed by atoms with Gasteiger partial charge in [0, 0.05) is 32.7 Å². The minimum atomic E-state index is 0.694. The molecule has 1 aliphatic carbocycles. The van der Waals surface area contributed by atoms with E-state index >= 15 is 0 Å². The summed E-state index contributed by atoms with van der Waals surface area (Å²) in [6.45, 7) is 20.2. The van der Waals surface area contributed by atoms with Gasteiger partial charge < -0.3 is 14.7 Å². The van der Waals surface area contributed by atoms with Crippen molar-refractivity contribution in [3.63, 3.8) is 0 Å². The Bertz CT molecular complexity index is 332. The van der Waals surface area contributed by atoms with E-state index in [1.807, 2.05) is 13.8 Å². The summed E-state index contributed by atoms with van der Waals surface area (Å²) in [7, 11) is 4.35. The van der Waals surface area contributed by atoms with Crippen molar-refractivity contribution in [2.45, 2.75) is 79.6 Å². The van der Waals surface area contributed by atoms with Crippen LogP contribution in [0.5, 0.6) is 0 Å². The van der Waals surface area contributed by atoms with Gasteiger partial charge in [0.05, 0.1) is 0 Å². The Hall–Kier alpha value is -0.120. The van der Waals surface area contributed by atoms with Crippen LogP contribution in [0.2, 0.25) is 0 Å². The molecule has 0 N–H and O–H groups in total. The van der Waals surface area contributed by atoms with Crippen molar-refractivity contribution in [3.8, 4) is 0 Å². The van der Waals surface area contributed by atoms with Crippen LogP contribution in [-0.4, -0.2) is 74.6 Å². The first-order chi connectivity index (χ1) is 12.5. The number of likely N-dealkylation sites (N-methyl/N-ethyl adjacent to an activating group) is 2. The van der Waals surface area contributed by atoms with Gasteiger partial charge in [-0.1, -0.05) is 47.5 Å². The zero-order chi connectivity index (χ0) is 19.6. The van der Waals surface area contributed by atoms with Crippen LogP contribution in [0.15, 0.2) is 0 Å². The fraction of sp³-hybridized carbons (Fsp3) is 1.00. The van der Waals surface area contributed by atoms with Crippen LogP contribution in [-0.2, 0) is 0 Å². The van der Waals surface area contributed by atoms with E-state index in [9.17, 15) is 0 Å². The summed E-state index contributed by atoms with van der Waals surface area (Å²) in [6, 6.07) is 0. The third kappa shape index (κ3) is 7.48. The fourth-order valence-electron chi connectivity index (χ4n) is 4.32. The van der Waals surface area contributed by atoms with Crippen molar-refractivity contribution in [2.75, 3.05) is 59.9 Å². The number of rotatable bonds is 5. The molecule has 0 spiro atoms. The van der Waals surface area contributed by atoms with Gasteiger partial charge in [0.2, 0.25) is 0 Å². The average Bonchev–Trinajstić information content (AvgIpc) is 3.47. The summed E-state index contributed by atoms with van der Waals surface area (Å²) in [5, 5.41) is 0. The molecular formula is C23H49N3. The van der Waals surface area contributed by atoms with E-state index < -0.39 is 0 Å². The summed E-state index contributed by atoms with van der Waals surface area (Å²) >= 11 is 0. The van der Waals surface area contributed by atoms with E-state index in [2.05, 4.69) is 49.6 Å². The highest BCUT2D eigenvalue weighted by Gasteiger charge is 2.43. The molecule has 0 aromatic rings. The van der Waals surface area contributed by atoms with Crippen molar-refractivity contribution < 1.29 is 0 Å². The summed E-state index contributed by atoms with van der Waals surface area (Å²) in [4.78, 5) is 7.47.